The standard InChI is InChI=1S/C6H12O2.C2H2O4/c1-3-5-6(7)8-4-2;3-1(4)2(5)6/h3-5H2,1-2H3;(H,3,4)(H,5,6). The lowest BCUT2D eigenvalue weighted by Gasteiger charge is -1.96. The van der Waals surface area contributed by atoms with Crippen LogP contribution in [0.15, 0.2) is 0 Å². The Hall–Kier alpha value is -1.59. The molecule has 0 rings (SSSR count). The van der Waals surface area contributed by atoms with Gasteiger partial charge in [0.1, 0.15) is 0 Å². The van der Waals surface area contributed by atoms with E-state index >= 15 is 0 Å². The number of hydrogen-bond donors (Lipinski definition) is 2. The maximum Gasteiger partial charge on any atom is 0.414 e. The second-order valence-electron chi connectivity index (χ2n) is 2.17. The molecule has 0 saturated heterocycles. The zero-order valence-electron chi connectivity index (χ0n) is 8.15. The van der Waals surface area contributed by atoms with E-state index in [2.05, 4.69) is 4.74 Å². The molecule has 0 atom stereocenters. The first-order valence-corrected chi connectivity index (χ1v) is 4.07. The highest BCUT2D eigenvalue weighted by Gasteiger charge is 2.04. The van der Waals surface area contributed by atoms with E-state index in [1.165, 1.54) is 0 Å². The molecule has 2 N–H and O–H groups in total. The molecule has 6 heteroatoms. The summed E-state index contributed by atoms with van der Waals surface area (Å²) in [7, 11) is 0. The van der Waals surface area contributed by atoms with E-state index in [1.54, 1.807) is 0 Å². The van der Waals surface area contributed by atoms with Crippen molar-refractivity contribution < 1.29 is 29.3 Å². The molecule has 82 valence electrons. The summed E-state index contributed by atoms with van der Waals surface area (Å²) >= 11 is 0. The van der Waals surface area contributed by atoms with E-state index in [4.69, 9.17) is 19.8 Å². The van der Waals surface area contributed by atoms with Gasteiger partial charge in [-0.1, -0.05) is 6.92 Å². The molecule has 0 aromatic heterocycles. The SMILES string of the molecule is CCCC(=O)OCC.O=C(O)C(=O)O. The van der Waals surface area contributed by atoms with Crippen LogP contribution in [0.4, 0.5) is 0 Å². The lowest BCUT2D eigenvalue weighted by molar-refractivity contribution is -0.159. The topological polar surface area (TPSA) is 101 Å². The molecule has 0 aliphatic rings. The largest absolute Gasteiger partial charge is 0.473 e. The van der Waals surface area contributed by atoms with Crippen LogP contribution in [0.2, 0.25) is 0 Å². The summed E-state index contributed by atoms with van der Waals surface area (Å²) in [5.41, 5.74) is 0. The van der Waals surface area contributed by atoms with Crippen molar-refractivity contribution >= 4 is 17.9 Å². The number of esters is 1. The Bertz CT molecular complexity index is 178. The Kier molecular flexibility index (Phi) is 10.1. The van der Waals surface area contributed by atoms with Crippen LogP contribution in [0.3, 0.4) is 0 Å². The van der Waals surface area contributed by atoms with Crippen LogP contribution in [-0.2, 0) is 19.1 Å². The number of carbonyl (C=O) groups excluding carboxylic acids is 1. The van der Waals surface area contributed by atoms with E-state index in [0.29, 0.717) is 13.0 Å². The Morgan fingerprint density at radius 2 is 1.50 bits per heavy atom. The molecular weight excluding hydrogens is 192 g/mol. The smallest absolute Gasteiger partial charge is 0.414 e. The first kappa shape index (κ1) is 14.9. The maximum atomic E-state index is 10.4. The highest BCUT2D eigenvalue weighted by molar-refractivity contribution is 6.27. The van der Waals surface area contributed by atoms with Gasteiger partial charge in [0, 0.05) is 6.42 Å². The van der Waals surface area contributed by atoms with Gasteiger partial charge in [-0.05, 0) is 13.3 Å². The van der Waals surface area contributed by atoms with Gasteiger partial charge in [0.25, 0.3) is 0 Å². The Morgan fingerprint density at radius 1 is 1.07 bits per heavy atom. The minimum Gasteiger partial charge on any atom is -0.473 e. The molecule has 0 aliphatic carbocycles. The van der Waals surface area contributed by atoms with Crippen molar-refractivity contribution in [1.29, 1.82) is 0 Å². The molecule has 6 nitrogen and oxygen atoms in total. The molecule has 14 heavy (non-hydrogen) atoms. The second kappa shape index (κ2) is 9.50. The highest BCUT2D eigenvalue weighted by Crippen LogP contribution is 1.89. The number of carbonyl (C=O) groups is 3. The molecule has 0 fully saturated rings. The third-order valence-corrected chi connectivity index (χ3v) is 0.942. The fraction of sp³-hybridized carbons (Fsp3) is 0.625. The third-order valence-electron chi connectivity index (χ3n) is 0.942. The summed E-state index contributed by atoms with van der Waals surface area (Å²) in [5, 5.41) is 14.8. The molecule has 0 aliphatic heterocycles. The monoisotopic (exact) mass is 206 g/mol. The van der Waals surface area contributed by atoms with Gasteiger partial charge in [-0.25, -0.2) is 9.59 Å². The molecule has 0 radical (unpaired) electrons. The fourth-order valence-electron chi connectivity index (χ4n) is 0.437. The zero-order chi connectivity index (χ0) is 11.6. The van der Waals surface area contributed by atoms with Crippen molar-refractivity contribution in [1.82, 2.24) is 0 Å². The van der Waals surface area contributed by atoms with Crippen LogP contribution in [0, 0.1) is 0 Å². The normalized spacial score (nSPS) is 8.14. The second-order valence-corrected chi connectivity index (χ2v) is 2.17. The average Bonchev–Trinajstić information content (AvgIpc) is 2.06. The lowest BCUT2D eigenvalue weighted by atomic mass is 10.3. The van der Waals surface area contributed by atoms with Crippen molar-refractivity contribution in [2.45, 2.75) is 26.7 Å². The molecule has 0 aromatic carbocycles. The third kappa shape index (κ3) is 13.0. The first-order chi connectivity index (χ1) is 6.45. The first-order valence-electron chi connectivity index (χ1n) is 4.07. The summed E-state index contributed by atoms with van der Waals surface area (Å²) in [6.45, 7) is 4.27. The van der Waals surface area contributed by atoms with Crippen molar-refractivity contribution in [3.05, 3.63) is 0 Å². The van der Waals surface area contributed by atoms with Crippen molar-refractivity contribution in [3.63, 3.8) is 0 Å². The van der Waals surface area contributed by atoms with Gasteiger partial charge >= 0.3 is 17.9 Å². The Labute approximate surface area is 81.5 Å². The number of rotatable bonds is 3. The quantitative estimate of drug-likeness (QED) is 0.515. The minimum absolute atomic E-state index is 0.0880. The molecule has 0 spiro atoms. The van der Waals surface area contributed by atoms with Gasteiger partial charge < -0.3 is 14.9 Å². The van der Waals surface area contributed by atoms with Crippen LogP contribution < -0.4 is 0 Å². The molecule has 0 amide bonds. The van der Waals surface area contributed by atoms with Gasteiger partial charge in [0.05, 0.1) is 6.61 Å². The van der Waals surface area contributed by atoms with Gasteiger partial charge in [-0.15, -0.1) is 0 Å². The summed E-state index contributed by atoms with van der Waals surface area (Å²) in [6.07, 6.45) is 1.42. The van der Waals surface area contributed by atoms with E-state index < -0.39 is 11.9 Å². The van der Waals surface area contributed by atoms with Crippen LogP contribution in [0.1, 0.15) is 26.7 Å². The average molecular weight is 206 g/mol. The highest BCUT2D eigenvalue weighted by atomic mass is 16.5. The summed E-state index contributed by atoms with van der Waals surface area (Å²) in [4.78, 5) is 28.6. The molecule has 0 aromatic rings. The lowest BCUT2D eigenvalue weighted by Crippen LogP contribution is -2.09. The van der Waals surface area contributed by atoms with Gasteiger partial charge in [0.15, 0.2) is 0 Å². The predicted molar refractivity (Wildman–Crippen MR) is 46.8 cm³/mol. The van der Waals surface area contributed by atoms with Crippen LogP contribution in [0.25, 0.3) is 0 Å². The van der Waals surface area contributed by atoms with Crippen LogP contribution in [0.5, 0.6) is 0 Å². The number of carboxylic acid groups (broad SMARTS) is 2. The van der Waals surface area contributed by atoms with Gasteiger partial charge in [0.2, 0.25) is 0 Å². The summed E-state index contributed by atoms with van der Waals surface area (Å²) in [6, 6.07) is 0. The Balaban J connectivity index is 0. The van der Waals surface area contributed by atoms with Crippen LogP contribution in [-0.4, -0.2) is 34.7 Å². The van der Waals surface area contributed by atoms with E-state index in [-0.39, 0.29) is 5.97 Å². The molecule has 0 saturated carbocycles. The van der Waals surface area contributed by atoms with E-state index in [0.717, 1.165) is 6.42 Å². The molecule has 0 bridgehead atoms. The number of carboxylic acids is 2. The zero-order valence-corrected chi connectivity index (χ0v) is 8.15. The summed E-state index contributed by atoms with van der Waals surface area (Å²) < 4.78 is 4.64. The van der Waals surface area contributed by atoms with Crippen molar-refractivity contribution in [3.8, 4) is 0 Å². The van der Waals surface area contributed by atoms with E-state index in [9.17, 15) is 4.79 Å². The number of hydrogen-bond acceptors (Lipinski definition) is 4. The van der Waals surface area contributed by atoms with Crippen molar-refractivity contribution in [2.24, 2.45) is 0 Å². The Morgan fingerprint density at radius 3 is 1.71 bits per heavy atom. The fourth-order valence-corrected chi connectivity index (χ4v) is 0.437. The van der Waals surface area contributed by atoms with Crippen LogP contribution >= 0.6 is 0 Å². The molecular formula is C8H14O6. The molecule has 0 unspecified atom stereocenters. The van der Waals surface area contributed by atoms with Gasteiger partial charge in [-0.3, -0.25) is 4.79 Å². The van der Waals surface area contributed by atoms with E-state index in [1.807, 2.05) is 13.8 Å². The summed E-state index contributed by atoms with van der Waals surface area (Å²) in [5.74, 6) is -3.74. The van der Waals surface area contributed by atoms with Crippen molar-refractivity contribution in [2.75, 3.05) is 6.61 Å². The predicted octanol–water partition coefficient (Wildman–Crippen LogP) is 0.505. The minimum atomic E-state index is -1.82. The number of aliphatic carboxylic acids is 2. The number of ether oxygens (including phenoxy) is 1. The van der Waals surface area contributed by atoms with Gasteiger partial charge in [-0.2, -0.15) is 0 Å². The maximum absolute atomic E-state index is 10.4. The molecule has 0 heterocycles.